The van der Waals surface area contributed by atoms with E-state index in [1.165, 1.54) is 44.9 Å². The lowest BCUT2D eigenvalue weighted by Gasteiger charge is -2.12. The Kier molecular flexibility index (Phi) is 18.6. The third-order valence-electron chi connectivity index (χ3n) is 3.97. The second-order valence-corrected chi connectivity index (χ2v) is 6.27. The van der Waals surface area contributed by atoms with E-state index in [1.54, 1.807) is 14.2 Å². The van der Waals surface area contributed by atoms with Crippen LogP contribution in [0.5, 0.6) is 0 Å². The van der Waals surface area contributed by atoms with Gasteiger partial charge in [0.25, 0.3) is 0 Å². The third kappa shape index (κ3) is 17.9. The fourth-order valence-corrected chi connectivity index (χ4v) is 2.31. The van der Waals surface area contributed by atoms with Crippen LogP contribution >= 0.6 is 0 Å². The van der Waals surface area contributed by atoms with Crippen LogP contribution in [0.1, 0.15) is 71.1 Å². The number of hydrogen-bond acceptors (Lipinski definition) is 4. The van der Waals surface area contributed by atoms with Gasteiger partial charge in [-0.25, -0.2) is 0 Å². The van der Waals surface area contributed by atoms with Gasteiger partial charge in [0.2, 0.25) is 0 Å². The summed E-state index contributed by atoms with van der Waals surface area (Å²) in [6.45, 7) is 8.38. The minimum Gasteiger partial charge on any atom is -0.379 e. The first kappa shape index (κ1) is 23.6. The number of allylic oxidation sites excluding steroid dienone is 1. The smallest absolute Gasteiger partial charge is 0.156 e. The Morgan fingerprint density at radius 1 is 1.04 bits per heavy atom. The minimum atomic E-state index is 0.00522. The fraction of sp³-hybridized carbons (Fsp3) is 0.900. The van der Waals surface area contributed by atoms with E-state index in [0.29, 0.717) is 6.10 Å². The molecule has 1 atom stereocenters. The Hall–Kier alpha value is -0.420. The van der Waals surface area contributed by atoms with Crippen LogP contribution in [0.4, 0.5) is 0 Å². The summed E-state index contributed by atoms with van der Waals surface area (Å²) in [7, 11) is 3.41. The molecule has 1 heterocycles. The number of hydrogen-bond donors (Lipinski definition) is 0. The fourth-order valence-electron chi connectivity index (χ4n) is 2.31. The SMILES string of the molecule is C=CCCCOCC1CO1.CCCCCCCCCC(OC)OC. The van der Waals surface area contributed by atoms with Crippen LogP contribution in [0, 0.1) is 0 Å². The zero-order valence-corrected chi connectivity index (χ0v) is 16.3. The molecular formula is C20H40O4. The molecule has 0 saturated carbocycles. The quantitative estimate of drug-likeness (QED) is 0.169. The van der Waals surface area contributed by atoms with Gasteiger partial charge in [0, 0.05) is 20.8 Å². The second-order valence-electron chi connectivity index (χ2n) is 6.27. The number of methoxy groups -OCH3 is 2. The van der Waals surface area contributed by atoms with E-state index in [-0.39, 0.29) is 6.29 Å². The van der Waals surface area contributed by atoms with Crippen molar-refractivity contribution in [3.8, 4) is 0 Å². The van der Waals surface area contributed by atoms with Gasteiger partial charge in [0.15, 0.2) is 6.29 Å². The third-order valence-corrected chi connectivity index (χ3v) is 3.97. The van der Waals surface area contributed by atoms with E-state index in [0.717, 1.165) is 39.1 Å². The lowest BCUT2D eigenvalue weighted by Crippen LogP contribution is -2.12. The predicted octanol–water partition coefficient (Wildman–Crippen LogP) is 5.11. The average Bonchev–Trinajstić information content (AvgIpc) is 3.42. The topological polar surface area (TPSA) is 40.2 Å². The Balaban J connectivity index is 0.000000463. The molecule has 144 valence electrons. The predicted molar refractivity (Wildman–Crippen MR) is 100 cm³/mol. The van der Waals surface area contributed by atoms with E-state index >= 15 is 0 Å². The summed E-state index contributed by atoms with van der Waals surface area (Å²) < 4.78 is 20.5. The largest absolute Gasteiger partial charge is 0.379 e. The maximum absolute atomic E-state index is 5.29. The monoisotopic (exact) mass is 344 g/mol. The Morgan fingerprint density at radius 2 is 1.67 bits per heavy atom. The molecule has 1 aliphatic rings. The highest BCUT2D eigenvalue weighted by atomic mass is 16.7. The molecule has 24 heavy (non-hydrogen) atoms. The van der Waals surface area contributed by atoms with Crippen molar-refractivity contribution in [3.63, 3.8) is 0 Å². The second kappa shape index (κ2) is 18.9. The molecular weight excluding hydrogens is 304 g/mol. The van der Waals surface area contributed by atoms with Gasteiger partial charge in [0.05, 0.1) is 13.2 Å². The first-order valence-corrected chi connectivity index (χ1v) is 9.64. The number of rotatable bonds is 16. The van der Waals surface area contributed by atoms with Crippen LogP contribution in [-0.4, -0.2) is 46.4 Å². The molecule has 1 rings (SSSR count). The highest BCUT2D eigenvalue weighted by Gasteiger charge is 2.21. The molecule has 0 amide bonds. The molecule has 4 heteroatoms. The number of ether oxygens (including phenoxy) is 4. The molecule has 0 aliphatic carbocycles. The van der Waals surface area contributed by atoms with Gasteiger partial charge in [0.1, 0.15) is 6.10 Å². The summed E-state index contributed by atoms with van der Waals surface area (Å²) in [5.74, 6) is 0. The Labute approximate surface area is 149 Å². The lowest BCUT2D eigenvalue weighted by molar-refractivity contribution is -0.107. The maximum Gasteiger partial charge on any atom is 0.156 e. The summed E-state index contributed by atoms with van der Waals surface area (Å²) in [5.41, 5.74) is 0. The van der Waals surface area contributed by atoms with Crippen molar-refractivity contribution in [1.82, 2.24) is 0 Å². The normalized spacial score (nSPS) is 15.9. The van der Waals surface area contributed by atoms with Crippen molar-refractivity contribution in [2.75, 3.05) is 34.0 Å². The van der Waals surface area contributed by atoms with Crippen LogP contribution in [-0.2, 0) is 18.9 Å². The van der Waals surface area contributed by atoms with E-state index in [2.05, 4.69) is 13.5 Å². The summed E-state index contributed by atoms with van der Waals surface area (Å²) in [6.07, 6.45) is 14.9. The molecule has 1 unspecified atom stereocenters. The van der Waals surface area contributed by atoms with Gasteiger partial charge in [-0.2, -0.15) is 0 Å². The molecule has 1 saturated heterocycles. The summed E-state index contributed by atoms with van der Waals surface area (Å²) in [6, 6.07) is 0. The van der Waals surface area contributed by atoms with Gasteiger partial charge in [-0.15, -0.1) is 6.58 Å². The molecule has 0 aromatic rings. The van der Waals surface area contributed by atoms with Gasteiger partial charge < -0.3 is 18.9 Å². The van der Waals surface area contributed by atoms with Crippen molar-refractivity contribution in [2.45, 2.75) is 83.5 Å². The van der Waals surface area contributed by atoms with E-state index in [1.807, 2.05) is 6.08 Å². The molecule has 0 radical (unpaired) electrons. The summed E-state index contributed by atoms with van der Waals surface area (Å²) in [4.78, 5) is 0. The summed E-state index contributed by atoms with van der Waals surface area (Å²) in [5, 5.41) is 0. The molecule has 0 bridgehead atoms. The highest BCUT2D eigenvalue weighted by molar-refractivity contribution is 4.68. The Morgan fingerprint density at radius 3 is 2.21 bits per heavy atom. The zero-order valence-electron chi connectivity index (χ0n) is 16.3. The first-order chi connectivity index (χ1) is 11.8. The van der Waals surface area contributed by atoms with E-state index in [4.69, 9.17) is 18.9 Å². The van der Waals surface area contributed by atoms with Gasteiger partial charge in [-0.05, 0) is 25.7 Å². The van der Waals surface area contributed by atoms with Crippen molar-refractivity contribution < 1.29 is 18.9 Å². The summed E-state index contributed by atoms with van der Waals surface area (Å²) >= 11 is 0. The standard InChI is InChI=1S/C12H26O2.C8H14O2/c1-4-5-6-7-8-9-10-11-12(13-2)14-3;1-2-3-4-5-9-6-8-7-10-8/h12H,4-11H2,1-3H3;2,8H,1,3-7H2. The van der Waals surface area contributed by atoms with Crippen LogP contribution in [0.2, 0.25) is 0 Å². The molecule has 0 spiro atoms. The molecule has 1 aliphatic heterocycles. The molecule has 0 N–H and O–H groups in total. The van der Waals surface area contributed by atoms with Gasteiger partial charge in [-0.3, -0.25) is 0 Å². The lowest BCUT2D eigenvalue weighted by atomic mass is 10.1. The van der Waals surface area contributed by atoms with Crippen LogP contribution < -0.4 is 0 Å². The zero-order chi connectivity index (χ0) is 17.9. The van der Waals surface area contributed by atoms with E-state index in [9.17, 15) is 0 Å². The van der Waals surface area contributed by atoms with Gasteiger partial charge >= 0.3 is 0 Å². The minimum absolute atomic E-state index is 0.00522. The molecule has 0 aromatic heterocycles. The van der Waals surface area contributed by atoms with E-state index < -0.39 is 0 Å². The van der Waals surface area contributed by atoms with Crippen molar-refractivity contribution in [2.24, 2.45) is 0 Å². The van der Waals surface area contributed by atoms with Gasteiger partial charge in [-0.1, -0.05) is 51.5 Å². The van der Waals surface area contributed by atoms with Crippen molar-refractivity contribution in [1.29, 1.82) is 0 Å². The first-order valence-electron chi connectivity index (χ1n) is 9.64. The van der Waals surface area contributed by atoms with Crippen LogP contribution in [0.15, 0.2) is 12.7 Å². The van der Waals surface area contributed by atoms with Crippen molar-refractivity contribution >= 4 is 0 Å². The average molecular weight is 345 g/mol. The Bertz CT molecular complexity index is 250. The molecule has 4 nitrogen and oxygen atoms in total. The van der Waals surface area contributed by atoms with Crippen LogP contribution in [0.3, 0.4) is 0 Å². The van der Waals surface area contributed by atoms with Crippen molar-refractivity contribution in [3.05, 3.63) is 12.7 Å². The number of epoxide rings is 1. The number of unbranched alkanes of at least 4 members (excludes halogenated alkanes) is 7. The maximum atomic E-state index is 5.29. The molecule has 0 aromatic carbocycles. The highest BCUT2D eigenvalue weighted by Crippen LogP contribution is 2.11. The van der Waals surface area contributed by atoms with Crippen LogP contribution in [0.25, 0.3) is 0 Å². The molecule has 1 fully saturated rings.